The van der Waals surface area contributed by atoms with Gasteiger partial charge in [-0.25, -0.2) is 9.37 Å². The number of aromatic amines is 1. The van der Waals surface area contributed by atoms with Crippen LogP contribution in [0.1, 0.15) is 17.4 Å². The van der Waals surface area contributed by atoms with Crippen molar-refractivity contribution in [3.8, 4) is 17.1 Å². The molecule has 5 nitrogen and oxygen atoms in total. The number of rotatable bonds is 4. The van der Waals surface area contributed by atoms with Crippen LogP contribution in [0.25, 0.3) is 11.4 Å². The van der Waals surface area contributed by atoms with Gasteiger partial charge in [0.25, 0.3) is 0 Å². The first-order valence-corrected chi connectivity index (χ1v) is 6.76. The van der Waals surface area contributed by atoms with E-state index in [1.54, 1.807) is 25.3 Å². The number of benzene rings is 2. The molecule has 0 saturated heterocycles. The summed E-state index contributed by atoms with van der Waals surface area (Å²) >= 11 is 0. The number of halogens is 1. The van der Waals surface area contributed by atoms with E-state index < -0.39 is 6.04 Å². The Hall–Kier alpha value is -2.73. The smallest absolute Gasteiger partial charge is 0.184 e. The van der Waals surface area contributed by atoms with E-state index in [2.05, 4.69) is 15.2 Å². The molecule has 0 unspecified atom stereocenters. The van der Waals surface area contributed by atoms with Crippen LogP contribution in [-0.4, -0.2) is 22.3 Å². The Labute approximate surface area is 127 Å². The van der Waals surface area contributed by atoms with Gasteiger partial charge in [0.15, 0.2) is 5.82 Å². The van der Waals surface area contributed by atoms with Crippen LogP contribution in [0.5, 0.6) is 5.75 Å². The molecular weight excluding hydrogens is 283 g/mol. The fourth-order valence-electron chi connectivity index (χ4n) is 2.15. The Morgan fingerprint density at radius 2 is 1.86 bits per heavy atom. The van der Waals surface area contributed by atoms with Gasteiger partial charge >= 0.3 is 0 Å². The van der Waals surface area contributed by atoms with Gasteiger partial charge in [0.1, 0.15) is 17.4 Å². The molecule has 0 radical (unpaired) electrons. The average molecular weight is 298 g/mol. The second-order valence-corrected chi connectivity index (χ2v) is 4.77. The van der Waals surface area contributed by atoms with Gasteiger partial charge in [-0.05, 0) is 29.8 Å². The van der Waals surface area contributed by atoms with Gasteiger partial charge < -0.3 is 10.5 Å². The van der Waals surface area contributed by atoms with Crippen molar-refractivity contribution in [2.24, 2.45) is 5.73 Å². The van der Waals surface area contributed by atoms with E-state index in [4.69, 9.17) is 10.5 Å². The molecule has 2 aromatic carbocycles. The average Bonchev–Trinajstić information content (AvgIpc) is 3.04. The number of nitrogens with two attached hydrogens (primary N) is 1. The predicted molar refractivity (Wildman–Crippen MR) is 80.8 cm³/mol. The van der Waals surface area contributed by atoms with Crippen molar-refractivity contribution in [1.82, 2.24) is 15.2 Å². The van der Waals surface area contributed by atoms with E-state index in [9.17, 15) is 4.39 Å². The van der Waals surface area contributed by atoms with Crippen LogP contribution in [-0.2, 0) is 0 Å². The van der Waals surface area contributed by atoms with Crippen molar-refractivity contribution in [2.45, 2.75) is 6.04 Å². The first kappa shape index (κ1) is 14.2. The topological polar surface area (TPSA) is 76.8 Å². The summed E-state index contributed by atoms with van der Waals surface area (Å²) in [7, 11) is 1.60. The van der Waals surface area contributed by atoms with Crippen LogP contribution < -0.4 is 10.5 Å². The third-order valence-corrected chi connectivity index (χ3v) is 3.39. The highest BCUT2D eigenvalue weighted by molar-refractivity contribution is 5.55. The van der Waals surface area contributed by atoms with Gasteiger partial charge in [0.05, 0.1) is 18.7 Å². The maximum Gasteiger partial charge on any atom is 0.184 e. The van der Waals surface area contributed by atoms with Crippen LogP contribution in [0.4, 0.5) is 4.39 Å². The molecule has 0 aliphatic carbocycles. The number of ether oxygens (including phenoxy) is 1. The number of nitrogens with one attached hydrogen (secondary N) is 1. The molecule has 3 N–H and O–H groups in total. The molecule has 0 aliphatic heterocycles. The first-order chi connectivity index (χ1) is 10.7. The van der Waals surface area contributed by atoms with Gasteiger partial charge in [-0.2, -0.15) is 5.10 Å². The zero-order chi connectivity index (χ0) is 15.5. The summed E-state index contributed by atoms with van der Waals surface area (Å²) in [6, 6.07) is 13.2. The highest BCUT2D eigenvalue weighted by Gasteiger charge is 2.16. The Morgan fingerprint density at radius 3 is 2.55 bits per heavy atom. The van der Waals surface area contributed by atoms with Crippen molar-refractivity contribution < 1.29 is 9.13 Å². The van der Waals surface area contributed by atoms with Crippen LogP contribution in [0.2, 0.25) is 0 Å². The van der Waals surface area contributed by atoms with Gasteiger partial charge in [-0.3, -0.25) is 5.10 Å². The Balaban J connectivity index is 1.88. The molecule has 1 aromatic heterocycles. The van der Waals surface area contributed by atoms with E-state index in [1.807, 2.05) is 24.3 Å². The molecule has 1 heterocycles. The highest BCUT2D eigenvalue weighted by Crippen LogP contribution is 2.23. The summed E-state index contributed by atoms with van der Waals surface area (Å²) < 4.78 is 18.9. The summed E-state index contributed by atoms with van der Waals surface area (Å²) in [6.45, 7) is 0. The van der Waals surface area contributed by atoms with Crippen molar-refractivity contribution in [3.05, 3.63) is 65.7 Å². The molecule has 0 amide bonds. The standard InChI is InChI=1S/C16H15FN4O/c1-22-11-8-6-10(7-9-11)14(18)16-19-15(20-21-16)12-4-2-3-5-13(12)17/h2-9,14H,18H2,1H3,(H,19,20,21)/t14-/m0/s1. The van der Waals surface area contributed by atoms with Crippen molar-refractivity contribution in [2.75, 3.05) is 7.11 Å². The van der Waals surface area contributed by atoms with Gasteiger partial charge in [0.2, 0.25) is 0 Å². The molecule has 3 aromatic rings. The van der Waals surface area contributed by atoms with E-state index in [-0.39, 0.29) is 11.6 Å². The number of methoxy groups -OCH3 is 1. The van der Waals surface area contributed by atoms with Crippen molar-refractivity contribution in [3.63, 3.8) is 0 Å². The number of aromatic nitrogens is 3. The monoisotopic (exact) mass is 298 g/mol. The van der Waals surface area contributed by atoms with Crippen LogP contribution in [0.15, 0.2) is 48.5 Å². The van der Waals surface area contributed by atoms with Crippen LogP contribution in [0.3, 0.4) is 0 Å². The Kier molecular flexibility index (Phi) is 3.84. The minimum Gasteiger partial charge on any atom is -0.497 e. The summed E-state index contributed by atoms with van der Waals surface area (Å²) in [5, 5.41) is 6.82. The SMILES string of the molecule is COc1ccc([C@H](N)c2nc(-c3ccccc3F)n[nH]2)cc1. The zero-order valence-electron chi connectivity index (χ0n) is 12.0. The largest absolute Gasteiger partial charge is 0.497 e. The minimum atomic E-state index is -0.473. The molecule has 3 rings (SSSR count). The number of hydrogen-bond acceptors (Lipinski definition) is 4. The summed E-state index contributed by atoms with van der Waals surface area (Å²) in [5.74, 6) is 1.15. The number of nitrogens with zero attached hydrogens (tertiary/aromatic N) is 2. The summed E-state index contributed by atoms with van der Waals surface area (Å²) in [6.07, 6.45) is 0. The first-order valence-electron chi connectivity index (χ1n) is 6.76. The molecule has 0 saturated carbocycles. The Bertz CT molecular complexity index is 770. The van der Waals surface area contributed by atoms with Gasteiger partial charge in [-0.15, -0.1) is 0 Å². The fraction of sp³-hybridized carbons (Fsp3) is 0.125. The molecule has 112 valence electrons. The van der Waals surface area contributed by atoms with E-state index >= 15 is 0 Å². The maximum atomic E-state index is 13.8. The van der Waals surface area contributed by atoms with Gasteiger partial charge in [-0.1, -0.05) is 24.3 Å². The highest BCUT2D eigenvalue weighted by atomic mass is 19.1. The molecule has 22 heavy (non-hydrogen) atoms. The molecule has 0 bridgehead atoms. The van der Waals surface area contributed by atoms with Crippen molar-refractivity contribution >= 4 is 0 Å². The predicted octanol–water partition coefficient (Wildman–Crippen LogP) is 2.67. The maximum absolute atomic E-state index is 13.8. The quantitative estimate of drug-likeness (QED) is 0.776. The number of H-pyrrole nitrogens is 1. The number of hydrogen-bond donors (Lipinski definition) is 2. The second-order valence-electron chi connectivity index (χ2n) is 4.77. The summed E-state index contributed by atoms with van der Waals surface area (Å²) in [4.78, 5) is 4.30. The van der Waals surface area contributed by atoms with E-state index in [0.29, 0.717) is 11.4 Å². The molecule has 0 aliphatic rings. The van der Waals surface area contributed by atoms with Crippen molar-refractivity contribution in [1.29, 1.82) is 0 Å². The van der Waals surface area contributed by atoms with Crippen LogP contribution >= 0.6 is 0 Å². The second kappa shape index (κ2) is 5.95. The zero-order valence-corrected chi connectivity index (χ0v) is 12.0. The summed E-state index contributed by atoms with van der Waals surface area (Å²) in [5.41, 5.74) is 7.37. The molecule has 0 fully saturated rings. The fourth-order valence-corrected chi connectivity index (χ4v) is 2.15. The molecular formula is C16H15FN4O. The van der Waals surface area contributed by atoms with E-state index in [0.717, 1.165) is 11.3 Å². The lowest BCUT2D eigenvalue weighted by atomic mass is 10.1. The molecule has 1 atom stereocenters. The normalized spacial score (nSPS) is 12.1. The van der Waals surface area contributed by atoms with Crippen LogP contribution in [0, 0.1) is 5.82 Å². The molecule has 0 spiro atoms. The lowest BCUT2D eigenvalue weighted by molar-refractivity contribution is 0.414. The Morgan fingerprint density at radius 1 is 1.14 bits per heavy atom. The lowest BCUT2D eigenvalue weighted by Gasteiger charge is -2.09. The molecule has 6 heteroatoms. The lowest BCUT2D eigenvalue weighted by Crippen LogP contribution is -2.13. The van der Waals surface area contributed by atoms with Gasteiger partial charge in [0, 0.05) is 0 Å². The minimum absolute atomic E-state index is 0.289. The third-order valence-electron chi connectivity index (χ3n) is 3.39. The van der Waals surface area contributed by atoms with E-state index in [1.165, 1.54) is 6.07 Å². The third kappa shape index (κ3) is 2.68.